The van der Waals surface area contributed by atoms with Gasteiger partial charge in [-0.25, -0.2) is 9.18 Å². The molecule has 0 N–H and O–H groups in total. The van der Waals surface area contributed by atoms with Crippen LogP contribution in [0.5, 0.6) is 11.5 Å². The average Bonchev–Trinajstić information content (AvgIpc) is 3.21. The van der Waals surface area contributed by atoms with Gasteiger partial charge in [0.1, 0.15) is 6.17 Å². The van der Waals surface area contributed by atoms with Crippen molar-refractivity contribution < 1.29 is 36.2 Å². The van der Waals surface area contributed by atoms with Crippen molar-refractivity contribution in [2.24, 2.45) is 4.99 Å². The molecule has 12 heteroatoms. The molecule has 1 aromatic carbocycles. The van der Waals surface area contributed by atoms with Gasteiger partial charge in [-0.3, -0.25) is 4.57 Å². The van der Waals surface area contributed by atoms with Crippen LogP contribution in [0.4, 0.5) is 26.7 Å². The summed E-state index contributed by atoms with van der Waals surface area (Å²) in [4.78, 5) is 18.5. The minimum atomic E-state index is -4.84. The number of carbonyl (C=O) groups excluding carboxylic acids is 1. The van der Waals surface area contributed by atoms with Crippen LogP contribution in [0.1, 0.15) is 11.3 Å². The van der Waals surface area contributed by atoms with Crippen LogP contribution in [0.3, 0.4) is 0 Å². The van der Waals surface area contributed by atoms with Gasteiger partial charge in [0.25, 0.3) is 0 Å². The van der Waals surface area contributed by atoms with Crippen LogP contribution in [-0.2, 0) is 0 Å². The maximum absolute atomic E-state index is 13.5. The maximum atomic E-state index is 13.5. The Bertz CT molecular complexity index is 1040. The summed E-state index contributed by atoms with van der Waals surface area (Å²) >= 11 is 1.15. The van der Waals surface area contributed by atoms with E-state index >= 15 is 0 Å². The van der Waals surface area contributed by atoms with Gasteiger partial charge in [0.05, 0.1) is 12.2 Å². The van der Waals surface area contributed by atoms with E-state index in [4.69, 9.17) is 0 Å². The number of urea groups is 1. The highest BCUT2D eigenvalue weighted by Crippen LogP contribution is 2.47. The summed E-state index contributed by atoms with van der Waals surface area (Å²) in [5.41, 5.74) is 0.244. The summed E-state index contributed by atoms with van der Waals surface area (Å²) in [5.74, 6) is -1.12. The standard InChI is InChI=1S/C17H14F5N3O3S/c1-9-7-25(15(29-9)23-14(26)24-5-4-10(18)8-24)11-2-3-12-13(6-11)28-17(21,22)16(19,20)27-12/h2-3,6-7,10H,4-5,8H2,1H3/b23-15-/t10-/m0/s1. The lowest BCUT2D eigenvalue weighted by atomic mass is 10.2. The zero-order chi connectivity index (χ0) is 21.0. The number of thiazole rings is 1. The zero-order valence-electron chi connectivity index (χ0n) is 14.9. The third-order valence-corrected chi connectivity index (χ3v) is 5.28. The Morgan fingerprint density at radius 3 is 2.55 bits per heavy atom. The summed E-state index contributed by atoms with van der Waals surface area (Å²) in [6, 6.07) is 2.87. The van der Waals surface area contributed by atoms with E-state index in [-0.39, 0.29) is 30.0 Å². The van der Waals surface area contributed by atoms with Crippen LogP contribution in [0, 0.1) is 6.92 Å². The third kappa shape index (κ3) is 3.56. The largest absolute Gasteiger partial charge is 0.507 e. The number of hydrogen-bond donors (Lipinski definition) is 0. The molecule has 2 aromatic rings. The number of aryl methyl sites for hydroxylation is 1. The molecule has 0 aliphatic carbocycles. The Kier molecular flexibility index (Phi) is 4.56. The summed E-state index contributed by atoms with van der Waals surface area (Å²) in [6.07, 6.45) is -8.90. The van der Waals surface area contributed by atoms with Crippen molar-refractivity contribution >= 4 is 17.4 Å². The van der Waals surface area contributed by atoms with Crippen molar-refractivity contribution in [3.8, 4) is 17.2 Å². The van der Waals surface area contributed by atoms with Gasteiger partial charge in [-0.05, 0) is 25.5 Å². The first-order chi connectivity index (χ1) is 13.6. The fourth-order valence-corrected chi connectivity index (χ4v) is 3.79. The number of alkyl halides is 5. The van der Waals surface area contributed by atoms with Crippen molar-refractivity contribution in [3.05, 3.63) is 34.1 Å². The van der Waals surface area contributed by atoms with Gasteiger partial charge in [-0.2, -0.15) is 22.6 Å². The molecule has 1 fully saturated rings. The number of aromatic nitrogens is 1. The van der Waals surface area contributed by atoms with Gasteiger partial charge in [0.15, 0.2) is 16.3 Å². The molecule has 0 bridgehead atoms. The first kappa shape index (κ1) is 19.7. The maximum Gasteiger partial charge on any atom is 0.507 e. The van der Waals surface area contributed by atoms with Gasteiger partial charge in [-0.15, -0.1) is 11.3 Å². The molecule has 0 spiro atoms. The van der Waals surface area contributed by atoms with Crippen molar-refractivity contribution in [1.82, 2.24) is 9.47 Å². The molecule has 3 heterocycles. The van der Waals surface area contributed by atoms with Gasteiger partial charge in [-0.1, -0.05) is 0 Å². The number of benzene rings is 1. The highest BCUT2D eigenvalue weighted by atomic mass is 32.1. The van der Waals surface area contributed by atoms with Crippen LogP contribution >= 0.6 is 11.3 Å². The van der Waals surface area contributed by atoms with Gasteiger partial charge in [0.2, 0.25) is 0 Å². The molecular formula is C17H14F5N3O3S. The van der Waals surface area contributed by atoms with Crippen molar-refractivity contribution in [3.63, 3.8) is 0 Å². The van der Waals surface area contributed by atoms with Gasteiger partial charge >= 0.3 is 18.2 Å². The second-order valence-corrected chi connectivity index (χ2v) is 7.80. The molecule has 29 heavy (non-hydrogen) atoms. The Hall–Kier alpha value is -2.63. The smallest absolute Gasteiger partial charge is 0.421 e. The number of fused-ring (bicyclic) bond motifs is 1. The molecule has 0 saturated carbocycles. The molecule has 4 rings (SSSR count). The third-order valence-electron chi connectivity index (χ3n) is 4.38. The number of nitrogens with zero attached hydrogens (tertiary/aromatic N) is 3. The van der Waals surface area contributed by atoms with Gasteiger partial charge in [0, 0.05) is 23.7 Å². The first-order valence-corrected chi connectivity index (χ1v) is 9.32. The highest BCUT2D eigenvalue weighted by molar-refractivity contribution is 7.09. The van der Waals surface area contributed by atoms with Crippen LogP contribution in [0.25, 0.3) is 5.69 Å². The summed E-state index contributed by atoms with van der Waals surface area (Å²) in [7, 11) is 0. The number of halogens is 5. The topological polar surface area (TPSA) is 56.1 Å². The predicted octanol–water partition coefficient (Wildman–Crippen LogP) is 3.87. The van der Waals surface area contributed by atoms with Crippen molar-refractivity contribution in [1.29, 1.82) is 0 Å². The normalized spacial score (nSPS) is 22.8. The first-order valence-electron chi connectivity index (χ1n) is 8.50. The lowest BCUT2D eigenvalue weighted by Gasteiger charge is -2.31. The number of ether oxygens (including phenoxy) is 2. The lowest BCUT2D eigenvalue weighted by molar-refractivity contribution is -0.391. The number of hydrogen-bond acceptors (Lipinski definition) is 4. The molecule has 1 saturated heterocycles. The van der Waals surface area contributed by atoms with Crippen LogP contribution in [0.15, 0.2) is 29.4 Å². The van der Waals surface area contributed by atoms with Gasteiger partial charge < -0.3 is 14.4 Å². The molecule has 156 valence electrons. The predicted molar refractivity (Wildman–Crippen MR) is 91.6 cm³/mol. The molecule has 2 aliphatic heterocycles. The lowest BCUT2D eigenvalue weighted by Crippen LogP contribution is -2.52. The van der Waals surface area contributed by atoms with E-state index in [0.29, 0.717) is 0 Å². The summed E-state index contributed by atoms with van der Waals surface area (Å²) in [5, 5.41) is 0. The van der Waals surface area contributed by atoms with E-state index in [1.165, 1.54) is 15.5 Å². The van der Waals surface area contributed by atoms with Crippen molar-refractivity contribution in [2.75, 3.05) is 13.1 Å². The molecule has 6 nitrogen and oxygen atoms in total. The van der Waals surface area contributed by atoms with E-state index in [0.717, 1.165) is 28.3 Å². The minimum Gasteiger partial charge on any atom is -0.421 e. The van der Waals surface area contributed by atoms with E-state index in [1.54, 1.807) is 13.1 Å². The van der Waals surface area contributed by atoms with Crippen LogP contribution in [0.2, 0.25) is 0 Å². The number of rotatable bonds is 1. The Labute approximate surface area is 164 Å². The second-order valence-electron chi connectivity index (χ2n) is 6.59. The number of likely N-dealkylation sites (tertiary alicyclic amines) is 1. The summed E-state index contributed by atoms with van der Waals surface area (Å²) in [6.45, 7) is 1.95. The molecule has 1 aromatic heterocycles. The Morgan fingerprint density at radius 2 is 1.90 bits per heavy atom. The molecule has 0 unspecified atom stereocenters. The fourth-order valence-electron chi connectivity index (χ4n) is 2.97. The van der Waals surface area contributed by atoms with E-state index in [9.17, 15) is 26.7 Å². The van der Waals surface area contributed by atoms with Crippen molar-refractivity contribution in [2.45, 2.75) is 31.7 Å². The SMILES string of the molecule is Cc1cn(-c2ccc3c(c2)OC(F)(F)C(F)(F)O3)/c(=N/C(=O)N2CC[C@H](F)C2)s1. The summed E-state index contributed by atoms with van der Waals surface area (Å²) < 4.78 is 76.4. The average molecular weight is 435 g/mol. The Morgan fingerprint density at radius 1 is 1.21 bits per heavy atom. The number of amides is 2. The highest BCUT2D eigenvalue weighted by Gasteiger charge is 2.65. The monoisotopic (exact) mass is 435 g/mol. The molecule has 2 aliphatic rings. The Balaban J connectivity index is 1.70. The fraction of sp³-hybridized carbons (Fsp3) is 0.412. The minimum absolute atomic E-state index is 0.0417. The van der Waals surface area contributed by atoms with Crippen LogP contribution in [-0.4, -0.2) is 47.0 Å². The molecule has 2 amide bonds. The molecule has 0 radical (unpaired) electrons. The van der Waals surface area contributed by atoms with E-state index in [1.807, 2.05) is 0 Å². The quantitative estimate of drug-likeness (QED) is 0.640. The number of carbonyl (C=O) groups is 1. The van der Waals surface area contributed by atoms with E-state index < -0.39 is 35.9 Å². The zero-order valence-corrected chi connectivity index (χ0v) is 15.7. The second kappa shape index (κ2) is 6.71. The molecular weight excluding hydrogens is 421 g/mol. The molecule has 1 atom stereocenters. The van der Waals surface area contributed by atoms with E-state index in [2.05, 4.69) is 14.5 Å². The van der Waals surface area contributed by atoms with Crippen LogP contribution < -0.4 is 14.3 Å².